The second-order valence-electron chi connectivity index (χ2n) is 3.40. The van der Waals surface area contributed by atoms with Crippen LogP contribution in [-0.4, -0.2) is 6.61 Å². The van der Waals surface area contributed by atoms with E-state index in [1.807, 2.05) is 19.9 Å². The molecule has 0 amide bonds. The fraction of sp³-hybridized carbons (Fsp3) is 0.273. The topological polar surface area (TPSA) is 35.2 Å². The number of halogens is 2. The van der Waals surface area contributed by atoms with Gasteiger partial charge in [-0.15, -0.1) is 0 Å². The maximum Gasteiger partial charge on any atom is 0.145 e. The molecule has 2 nitrogen and oxygen atoms in total. The molecule has 2 N–H and O–H groups in total. The van der Waals surface area contributed by atoms with Gasteiger partial charge in [-0.1, -0.05) is 5.57 Å². The smallest absolute Gasteiger partial charge is 0.145 e. The van der Waals surface area contributed by atoms with Crippen LogP contribution in [0.3, 0.4) is 0 Å². The molecule has 0 aliphatic carbocycles. The Balaban J connectivity index is 2.77. The standard InChI is InChI=1S/C11H13BrFNO/c1-7(2)3-4-15-11-6-9(13)8(12)5-10(11)14/h3,5-6H,4,14H2,1-2H3. The Morgan fingerprint density at radius 1 is 1.53 bits per heavy atom. The van der Waals surface area contributed by atoms with Crippen LogP contribution in [0.1, 0.15) is 13.8 Å². The number of benzene rings is 1. The van der Waals surface area contributed by atoms with Gasteiger partial charge in [-0.2, -0.15) is 0 Å². The van der Waals surface area contributed by atoms with Gasteiger partial charge < -0.3 is 10.5 Å². The maximum atomic E-state index is 13.1. The molecule has 0 spiro atoms. The fourth-order valence-electron chi connectivity index (χ4n) is 0.967. The molecular weight excluding hydrogens is 261 g/mol. The van der Waals surface area contributed by atoms with Crippen molar-refractivity contribution < 1.29 is 9.13 Å². The summed E-state index contributed by atoms with van der Waals surface area (Å²) in [7, 11) is 0. The van der Waals surface area contributed by atoms with Gasteiger partial charge in [-0.25, -0.2) is 4.39 Å². The van der Waals surface area contributed by atoms with Crippen LogP contribution in [0.25, 0.3) is 0 Å². The lowest BCUT2D eigenvalue weighted by molar-refractivity contribution is 0.361. The predicted molar refractivity (Wildman–Crippen MR) is 63.4 cm³/mol. The second kappa shape index (κ2) is 5.16. The lowest BCUT2D eigenvalue weighted by Crippen LogP contribution is -1.99. The number of hydrogen-bond donors (Lipinski definition) is 1. The number of nitrogen functional groups attached to an aromatic ring is 1. The van der Waals surface area contributed by atoms with Crippen molar-refractivity contribution in [3.8, 4) is 5.75 Å². The third kappa shape index (κ3) is 3.55. The summed E-state index contributed by atoms with van der Waals surface area (Å²) in [6.07, 6.45) is 1.90. The monoisotopic (exact) mass is 273 g/mol. The van der Waals surface area contributed by atoms with Crippen LogP contribution in [0.4, 0.5) is 10.1 Å². The number of rotatable bonds is 3. The zero-order valence-corrected chi connectivity index (χ0v) is 10.3. The van der Waals surface area contributed by atoms with Crippen LogP contribution in [0.5, 0.6) is 5.75 Å². The molecule has 0 fully saturated rings. The predicted octanol–water partition coefficient (Wildman–Crippen LogP) is 3.52. The molecule has 0 aromatic heterocycles. The molecule has 0 aliphatic rings. The van der Waals surface area contributed by atoms with Gasteiger partial charge in [0.1, 0.15) is 18.2 Å². The van der Waals surface area contributed by atoms with Gasteiger partial charge >= 0.3 is 0 Å². The molecule has 15 heavy (non-hydrogen) atoms. The van der Waals surface area contributed by atoms with Crippen LogP contribution in [-0.2, 0) is 0 Å². The minimum Gasteiger partial charge on any atom is -0.487 e. The van der Waals surface area contributed by atoms with Crippen LogP contribution in [0, 0.1) is 5.82 Å². The number of ether oxygens (including phenoxy) is 1. The van der Waals surface area contributed by atoms with Crippen molar-refractivity contribution in [3.05, 3.63) is 34.1 Å². The summed E-state index contributed by atoms with van der Waals surface area (Å²) in [5.41, 5.74) is 7.23. The molecule has 0 unspecified atom stereocenters. The van der Waals surface area contributed by atoms with E-state index in [4.69, 9.17) is 10.5 Å². The second-order valence-corrected chi connectivity index (χ2v) is 4.25. The van der Waals surface area contributed by atoms with Gasteiger partial charge in [-0.05, 0) is 41.9 Å². The van der Waals surface area contributed by atoms with E-state index in [1.165, 1.54) is 12.1 Å². The minimum atomic E-state index is -0.378. The Morgan fingerprint density at radius 3 is 2.80 bits per heavy atom. The first kappa shape index (κ1) is 12.0. The summed E-state index contributed by atoms with van der Waals surface area (Å²) in [6, 6.07) is 2.77. The van der Waals surface area contributed by atoms with Gasteiger partial charge in [0.2, 0.25) is 0 Å². The molecule has 0 atom stereocenters. The summed E-state index contributed by atoms with van der Waals surface area (Å²) in [5, 5.41) is 0. The highest BCUT2D eigenvalue weighted by Gasteiger charge is 2.06. The molecule has 82 valence electrons. The third-order valence-electron chi connectivity index (χ3n) is 1.78. The molecular formula is C11H13BrFNO. The molecule has 0 radical (unpaired) electrons. The molecule has 0 saturated heterocycles. The lowest BCUT2D eigenvalue weighted by Gasteiger charge is -2.08. The van der Waals surface area contributed by atoms with E-state index in [0.29, 0.717) is 22.5 Å². The quantitative estimate of drug-likeness (QED) is 0.676. The third-order valence-corrected chi connectivity index (χ3v) is 2.39. The highest BCUT2D eigenvalue weighted by atomic mass is 79.9. The molecule has 0 aliphatic heterocycles. The van der Waals surface area contributed by atoms with E-state index in [1.54, 1.807) is 0 Å². The Bertz CT molecular complexity index is 386. The maximum absolute atomic E-state index is 13.1. The first-order chi connectivity index (χ1) is 7.00. The zero-order chi connectivity index (χ0) is 11.4. The van der Waals surface area contributed by atoms with E-state index in [-0.39, 0.29) is 5.82 Å². The number of anilines is 1. The van der Waals surface area contributed by atoms with Crippen LogP contribution in [0.15, 0.2) is 28.3 Å². The Hall–Kier alpha value is -1.03. The highest BCUT2D eigenvalue weighted by Crippen LogP contribution is 2.28. The van der Waals surface area contributed by atoms with Crippen LogP contribution in [0.2, 0.25) is 0 Å². The number of allylic oxidation sites excluding steroid dienone is 1. The largest absolute Gasteiger partial charge is 0.487 e. The Morgan fingerprint density at radius 2 is 2.20 bits per heavy atom. The van der Waals surface area contributed by atoms with Crippen LogP contribution >= 0.6 is 15.9 Å². The molecule has 0 saturated carbocycles. The minimum absolute atomic E-state index is 0.342. The molecule has 1 aromatic carbocycles. The number of hydrogen-bond acceptors (Lipinski definition) is 2. The lowest BCUT2D eigenvalue weighted by atomic mass is 10.3. The average Bonchev–Trinajstić information content (AvgIpc) is 2.13. The summed E-state index contributed by atoms with van der Waals surface area (Å²) < 4.78 is 18.8. The van der Waals surface area contributed by atoms with Crippen molar-refractivity contribution in [1.82, 2.24) is 0 Å². The number of nitrogens with two attached hydrogens (primary N) is 1. The van der Waals surface area contributed by atoms with E-state index < -0.39 is 0 Å². The molecule has 0 bridgehead atoms. The zero-order valence-electron chi connectivity index (χ0n) is 8.68. The average molecular weight is 274 g/mol. The highest BCUT2D eigenvalue weighted by molar-refractivity contribution is 9.10. The molecule has 1 aromatic rings. The first-order valence-electron chi connectivity index (χ1n) is 4.51. The van der Waals surface area contributed by atoms with Crippen molar-refractivity contribution in [1.29, 1.82) is 0 Å². The Kier molecular flexibility index (Phi) is 4.15. The van der Waals surface area contributed by atoms with E-state index in [2.05, 4.69) is 15.9 Å². The van der Waals surface area contributed by atoms with Crippen molar-refractivity contribution in [2.45, 2.75) is 13.8 Å². The fourth-order valence-corrected chi connectivity index (χ4v) is 1.33. The Labute approximate surface area is 97.1 Å². The van der Waals surface area contributed by atoms with E-state index in [9.17, 15) is 4.39 Å². The van der Waals surface area contributed by atoms with Crippen molar-refractivity contribution in [3.63, 3.8) is 0 Å². The van der Waals surface area contributed by atoms with Crippen molar-refractivity contribution >= 4 is 21.6 Å². The summed E-state index contributed by atoms with van der Waals surface area (Å²) in [6.45, 7) is 4.33. The normalized spacial score (nSPS) is 9.87. The summed E-state index contributed by atoms with van der Waals surface area (Å²) >= 11 is 3.05. The van der Waals surface area contributed by atoms with E-state index >= 15 is 0 Å². The van der Waals surface area contributed by atoms with Gasteiger partial charge in [-0.3, -0.25) is 0 Å². The van der Waals surface area contributed by atoms with E-state index in [0.717, 1.165) is 5.57 Å². The molecule has 1 rings (SSSR count). The van der Waals surface area contributed by atoms with Gasteiger partial charge in [0.15, 0.2) is 0 Å². The summed E-state index contributed by atoms with van der Waals surface area (Å²) in [5.74, 6) is -0.00963. The summed E-state index contributed by atoms with van der Waals surface area (Å²) in [4.78, 5) is 0. The van der Waals surface area contributed by atoms with Crippen LogP contribution < -0.4 is 10.5 Å². The first-order valence-corrected chi connectivity index (χ1v) is 5.30. The van der Waals surface area contributed by atoms with Gasteiger partial charge in [0.05, 0.1) is 10.2 Å². The van der Waals surface area contributed by atoms with Gasteiger partial charge in [0.25, 0.3) is 0 Å². The molecule has 0 heterocycles. The SMILES string of the molecule is CC(C)=CCOc1cc(F)c(Br)cc1N. The van der Waals surface area contributed by atoms with Crippen molar-refractivity contribution in [2.75, 3.05) is 12.3 Å². The van der Waals surface area contributed by atoms with Gasteiger partial charge in [0, 0.05) is 6.07 Å². The van der Waals surface area contributed by atoms with Crippen molar-refractivity contribution in [2.24, 2.45) is 0 Å². The molecule has 4 heteroatoms.